The van der Waals surface area contributed by atoms with E-state index in [0.717, 1.165) is 0 Å². The summed E-state index contributed by atoms with van der Waals surface area (Å²) < 4.78 is 5.09. The summed E-state index contributed by atoms with van der Waals surface area (Å²) in [7, 11) is 1.52. The molecule has 4 N–H and O–H groups in total. The number of methoxy groups -OCH3 is 1. The number of aromatic nitrogens is 1. The van der Waals surface area contributed by atoms with Crippen LogP contribution >= 0.6 is 11.6 Å². The number of rotatable bonds is 4. The zero-order valence-electron chi connectivity index (χ0n) is 10.6. The van der Waals surface area contributed by atoms with Gasteiger partial charge in [-0.3, -0.25) is 0 Å². The van der Waals surface area contributed by atoms with E-state index in [2.05, 4.69) is 10.3 Å². The second-order valence-electron chi connectivity index (χ2n) is 3.94. The first-order valence-corrected chi connectivity index (χ1v) is 5.98. The van der Waals surface area contributed by atoms with Gasteiger partial charge in [-0.25, -0.2) is 9.78 Å². The summed E-state index contributed by atoms with van der Waals surface area (Å²) >= 11 is 6.05. The largest absolute Gasteiger partial charge is 0.497 e. The highest BCUT2D eigenvalue weighted by molar-refractivity contribution is 6.33. The SMILES string of the molecule is COc1ccc(Cl)c(Nc2ncc(N)cc2C(=O)O)c1. The van der Waals surface area contributed by atoms with Crippen molar-refractivity contribution >= 4 is 34.8 Å². The molecule has 2 rings (SSSR count). The summed E-state index contributed by atoms with van der Waals surface area (Å²) in [6, 6.07) is 6.31. The summed E-state index contributed by atoms with van der Waals surface area (Å²) in [5.41, 5.74) is 6.26. The number of aromatic carboxylic acids is 1. The first kappa shape index (κ1) is 14.0. The number of carbonyl (C=O) groups is 1. The average Bonchev–Trinajstić information content (AvgIpc) is 2.42. The van der Waals surface area contributed by atoms with Crippen LogP contribution in [0.25, 0.3) is 0 Å². The number of ether oxygens (including phenoxy) is 1. The molecule has 0 aliphatic rings. The van der Waals surface area contributed by atoms with Gasteiger partial charge >= 0.3 is 5.97 Å². The van der Waals surface area contributed by atoms with E-state index in [1.165, 1.54) is 19.4 Å². The number of benzene rings is 1. The molecule has 104 valence electrons. The third kappa shape index (κ3) is 2.92. The smallest absolute Gasteiger partial charge is 0.339 e. The summed E-state index contributed by atoms with van der Waals surface area (Å²) in [5.74, 6) is -0.391. The third-order valence-corrected chi connectivity index (χ3v) is 2.90. The molecule has 6 nitrogen and oxygen atoms in total. The Kier molecular flexibility index (Phi) is 3.95. The molecule has 1 heterocycles. The van der Waals surface area contributed by atoms with Crippen molar-refractivity contribution in [3.8, 4) is 5.75 Å². The lowest BCUT2D eigenvalue weighted by Crippen LogP contribution is -2.06. The van der Waals surface area contributed by atoms with Crippen molar-refractivity contribution < 1.29 is 14.6 Å². The third-order valence-electron chi connectivity index (χ3n) is 2.57. The predicted molar refractivity (Wildman–Crippen MR) is 76.9 cm³/mol. The maximum atomic E-state index is 11.2. The number of halogens is 1. The van der Waals surface area contributed by atoms with Crippen LogP contribution in [0.3, 0.4) is 0 Å². The lowest BCUT2D eigenvalue weighted by Gasteiger charge is -2.11. The second-order valence-corrected chi connectivity index (χ2v) is 4.35. The van der Waals surface area contributed by atoms with E-state index in [0.29, 0.717) is 16.5 Å². The molecule has 0 spiro atoms. The van der Waals surface area contributed by atoms with Crippen LogP contribution in [0.1, 0.15) is 10.4 Å². The molecule has 0 atom stereocenters. The number of anilines is 3. The van der Waals surface area contributed by atoms with Crippen LogP contribution in [0.2, 0.25) is 5.02 Å². The van der Waals surface area contributed by atoms with E-state index in [1.807, 2.05) is 0 Å². The normalized spacial score (nSPS) is 10.1. The molecule has 7 heteroatoms. The minimum absolute atomic E-state index is 0.0381. The van der Waals surface area contributed by atoms with Crippen LogP contribution in [0, 0.1) is 0 Å². The summed E-state index contributed by atoms with van der Waals surface area (Å²) in [5, 5.41) is 12.4. The number of hydrogen-bond donors (Lipinski definition) is 3. The Balaban J connectivity index is 2.42. The van der Waals surface area contributed by atoms with Gasteiger partial charge in [0.05, 0.1) is 29.7 Å². The van der Waals surface area contributed by atoms with Crippen LogP contribution in [-0.2, 0) is 0 Å². The van der Waals surface area contributed by atoms with Gasteiger partial charge in [0.1, 0.15) is 17.1 Å². The van der Waals surface area contributed by atoms with Crippen molar-refractivity contribution in [1.29, 1.82) is 0 Å². The Morgan fingerprint density at radius 2 is 2.20 bits per heavy atom. The Bertz CT molecular complexity index is 661. The van der Waals surface area contributed by atoms with Crippen LogP contribution in [0.15, 0.2) is 30.5 Å². The van der Waals surface area contributed by atoms with Crippen molar-refractivity contribution in [2.45, 2.75) is 0 Å². The van der Waals surface area contributed by atoms with Gasteiger partial charge in [0.2, 0.25) is 0 Å². The minimum atomic E-state index is -1.13. The summed E-state index contributed by atoms with van der Waals surface area (Å²) in [4.78, 5) is 15.2. The van der Waals surface area contributed by atoms with Gasteiger partial charge in [0.15, 0.2) is 0 Å². The lowest BCUT2D eigenvalue weighted by molar-refractivity contribution is 0.0697. The fraction of sp³-hybridized carbons (Fsp3) is 0.0769. The van der Waals surface area contributed by atoms with Crippen LogP contribution in [0.5, 0.6) is 5.75 Å². The monoisotopic (exact) mass is 293 g/mol. The van der Waals surface area contributed by atoms with E-state index in [4.69, 9.17) is 27.2 Å². The van der Waals surface area contributed by atoms with Gasteiger partial charge in [-0.15, -0.1) is 0 Å². The van der Waals surface area contributed by atoms with Gasteiger partial charge < -0.3 is 20.9 Å². The van der Waals surface area contributed by atoms with Gasteiger partial charge in [-0.1, -0.05) is 11.6 Å². The highest BCUT2D eigenvalue weighted by Gasteiger charge is 2.13. The van der Waals surface area contributed by atoms with Crippen molar-refractivity contribution in [3.05, 3.63) is 41.0 Å². The van der Waals surface area contributed by atoms with E-state index >= 15 is 0 Å². The average molecular weight is 294 g/mol. The number of pyridine rings is 1. The Morgan fingerprint density at radius 3 is 2.85 bits per heavy atom. The summed E-state index contributed by atoms with van der Waals surface area (Å²) in [6.45, 7) is 0. The number of nitrogen functional groups attached to an aromatic ring is 1. The maximum Gasteiger partial charge on any atom is 0.339 e. The Morgan fingerprint density at radius 1 is 1.45 bits per heavy atom. The minimum Gasteiger partial charge on any atom is -0.497 e. The standard InChI is InChI=1S/C13H12ClN3O3/c1-20-8-2-3-10(14)11(5-8)17-12-9(13(18)19)4-7(15)6-16-12/h2-6H,15H2,1H3,(H,16,17)(H,18,19). The van der Waals surface area contributed by atoms with E-state index < -0.39 is 5.97 Å². The molecule has 1 aromatic carbocycles. The number of carboxylic acid groups (broad SMARTS) is 1. The number of carboxylic acids is 1. The fourth-order valence-corrected chi connectivity index (χ4v) is 1.76. The first-order chi connectivity index (χ1) is 9.51. The highest BCUT2D eigenvalue weighted by Crippen LogP contribution is 2.30. The quantitative estimate of drug-likeness (QED) is 0.802. The molecule has 0 saturated carbocycles. The number of nitrogens with one attached hydrogen (secondary N) is 1. The molecule has 0 saturated heterocycles. The topological polar surface area (TPSA) is 97.5 Å². The van der Waals surface area contributed by atoms with Crippen LogP contribution in [0.4, 0.5) is 17.2 Å². The van der Waals surface area contributed by atoms with Crippen LogP contribution in [-0.4, -0.2) is 23.2 Å². The maximum absolute atomic E-state index is 11.2. The molecule has 0 fully saturated rings. The second kappa shape index (κ2) is 5.66. The van der Waals surface area contributed by atoms with Gasteiger partial charge in [0, 0.05) is 6.07 Å². The molecule has 2 aromatic rings. The predicted octanol–water partition coefficient (Wildman–Crippen LogP) is 2.77. The number of hydrogen-bond acceptors (Lipinski definition) is 5. The first-order valence-electron chi connectivity index (χ1n) is 5.60. The highest BCUT2D eigenvalue weighted by atomic mass is 35.5. The molecule has 0 aliphatic carbocycles. The van der Waals surface area contributed by atoms with Crippen molar-refractivity contribution in [2.75, 3.05) is 18.2 Å². The van der Waals surface area contributed by atoms with E-state index in [9.17, 15) is 4.79 Å². The van der Waals surface area contributed by atoms with Gasteiger partial charge in [-0.05, 0) is 18.2 Å². The molecular weight excluding hydrogens is 282 g/mol. The van der Waals surface area contributed by atoms with Crippen molar-refractivity contribution in [1.82, 2.24) is 4.98 Å². The molecule has 0 aliphatic heterocycles. The summed E-state index contributed by atoms with van der Waals surface area (Å²) in [6.07, 6.45) is 1.36. The number of nitrogens with two attached hydrogens (primary N) is 1. The van der Waals surface area contributed by atoms with Crippen molar-refractivity contribution in [2.24, 2.45) is 0 Å². The fourth-order valence-electron chi connectivity index (χ4n) is 1.60. The van der Waals surface area contributed by atoms with Gasteiger partial charge in [0.25, 0.3) is 0 Å². The molecule has 0 amide bonds. The van der Waals surface area contributed by atoms with Crippen LogP contribution < -0.4 is 15.8 Å². The molecule has 20 heavy (non-hydrogen) atoms. The number of nitrogens with zero attached hydrogens (tertiary/aromatic N) is 1. The molecule has 0 radical (unpaired) electrons. The zero-order valence-corrected chi connectivity index (χ0v) is 11.3. The Hall–Kier alpha value is -2.47. The molecule has 1 aromatic heterocycles. The molecule has 0 unspecified atom stereocenters. The van der Waals surface area contributed by atoms with E-state index in [1.54, 1.807) is 18.2 Å². The lowest BCUT2D eigenvalue weighted by atomic mass is 10.2. The van der Waals surface area contributed by atoms with Gasteiger partial charge in [-0.2, -0.15) is 0 Å². The zero-order chi connectivity index (χ0) is 14.7. The Labute approximate surface area is 120 Å². The van der Waals surface area contributed by atoms with E-state index in [-0.39, 0.29) is 17.1 Å². The van der Waals surface area contributed by atoms with Crippen molar-refractivity contribution in [3.63, 3.8) is 0 Å². The molecular formula is C13H12ClN3O3. The molecule has 0 bridgehead atoms.